The van der Waals surface area contributed by atoms with Crippen molar-refractivity contribution in [2.75, 3.05) is 36.7 Å². The van der Waals surface area contributed by atoms with Gasteiger partial charge in [0.1, 0.15) is 16.6 Å². The topological polar surface area (TPSA) is 125 Å². The van der Waals surface area contributed by atoms with Gasteiger partial charge in [0.15, 0.2) is 9.84 Å². The van der Waals surface area contributed by atoms with Crippen LogP contribution in [0.4, 0.5) is 20.3 Å². The summed E-state index contributed by atoms with van der Waals surface area (Å²) in [5.41, 5.74) is -2.55. The fourth-order valence-electron chi connectivity index (χ4n) is 3.03. The summed E-state index contributed by atoms with van der Waals surface area (Å²) in [5, 5.41) is 11.9. The van der Waals surface area contributed by atoms with Crippen LogP contribution in [0.15, 0.2) is 53.7 Å². The van der Waals surface area contributed by atoms with E-state index in [-0.39, 0.29) is 29.5 Å². The Labute approximate surface area is 199 Å². The third kappa shape index (κ3) is 6.43. The lowest BCUT2D eigenvalue weighted by Gasteiger charge is -2.20. The number of nitrogens with one attached hydrogen (secondary N) is 2. The molecule has 0 saturated heterocycles. The quantitative estimate of drug-likeness (QED) is 0.374. The molecule has 0 aliphatic rings. The zero-order valence-electron chi connectivity index (χ0n) is 18.0. The van der Waals surface area contributed by atoms with E-state index in [1.165, 1.54) is 42.6 Å². The maximum Gasteiger partial charge on any atom is 0.487 e. The molecule has 3 rings (SSSR count). The molecular weight excluding hydrogens is 494 g/mol. The molecule has 0 radical (unpaired) electrons. The molecule has 0 aliphatic heterocycles. The molecule has 182 valence electrons. The summed E-state index contributed by atoms with van der Waals surface area (Å²) in [5.74, 6) is -0.320. The number of hydrogen-bond donors (Lipinski definition) is 3. The number of hydrogen-bond acceptors (Lipinski definition) is 7. The number of benzene rings is 1. The van der Waals surface area contributed by atoms with Gasteiger partial charge in [-0.2, -0.15) is 0 Å². The lowest BCUT2D eigenvalue weighted by atomic mass is 10.1. The van der Waals surface area contributed by atoms with E-state index in [9.17, 15) is 27.1 Å². The number of aliphatic hydroxyl groups excluding tert-OH is 1. The zero-order chi connectivity index (χ0) is 25.1. The number of aromatic amines is 1. The summed E-state index contributed by atoms with van der Waals surface area (Å²) in [4.78, 5) is 21.6. The van der Waals surface area contributed by atoms with E-state index in [1.54, 1.807) is 18.0 Å². The fourth-order valence-corrected chi connectivity index (χ4v) is 3.73. The average Bonchev–Trinajstić information content (AvgIpc) is 3.24. The Balaban J connectivity index is 1.90. The fraction of sp³-hybridized carbons (Fsp3) is 0.238. The third-order valence-corrected chi connectivity index (χ3v) is 5.73. The van der Waals surface area contributed by atoms with Gasteiger partial charge >= 0.3 is 5.57 Å². The Bertz CT molecular complexity index is 1280. The van der Waals surface area contributed by atoms with E-state index in [4.69, 9.17) is 11.6 Å². The van der Waals surface area contributed by atoms with E-state index in [2.05, 4.69) is 20.0 Å². The predicted octanol–water partition coefficient (Wildman–Crippen LogP) is 3.33. The number of amides is 1. The minimum absolute atomic E-state index is 0.00190. The monoisotopic (exact) mass is 514 g/mol. The predicted molar refractivity (Wildman–Crippen MR) is 123 cm³/mol. The highest BCUT2D eigenvalue weighted by Gasteiger charge is 2.27. The molecule has 0 spiro atoms. The highest BCUT2D eigenvalue weighted by Crippen LogP contribution is 2.30. The molecule has 2 aromatic heterocycles. The summed E-state index contributed by atoms with van der Waals surface area (Å²) in [6.07, 6.45) is 2.39. The molecule has 1 amide bonds. The van der Waals surface area contributed by atoms with E-state index in [0.717, 1.165) is 6.26 Å². The van der Waals surface area contributed by atoms with Crippen LogP contribution in [0.1, 0.15) is 10.4 Å². The van der Waals surface area contributed by atoms with Crippen molar-refractivity contribution in [2.24, 2.45) is 0 Å². The van der Waals surface area contributed by atoms with Gasteiger partial charge in [-0.25, -0.2) is 13.4 Å². The molecule has 0 fully saturated rings. The van der Waals surface area contributed by atoms with E-state index >= 15 is 0 Å². The average molecular weight is 515 g/mol. The largest absolute Gasteiger partial charge is 0.487 e. The molecule has 0 saturated carbocycles. The Kier molecular flexibility index (Phi) is 7.44. The van der Waals surface area contributed by atoms with Crippen LogP contribution in [-0.4, -0.2) is 61.4 Å². The van der Waals surface area contributed by atoms with Gasteiger partial charge in [0, 0.05) is 48.9 Å². The molecule has 13 heteroatoms. The summed E-state index contributed by atoms with van der Waals surface area (Å²) < 4.78 is 53.4. The minimum Gasteiger partial charge on any atom is -0.420 e. The van der Waals surface area contributed by atoms with Crippen LogP contribution in [0, 0.1) is 0 Å². The number of pyridine rings is 1. The van der Waals surface area contributed by atoms with E-state index in [0.29, 0.717) is 22.8 Å². The van der Waals surface area contributed by atoms with Crippen LogP contribution in [-0.2, 0) is 9.84 Å². The first-order chi connectivity index (χ1) is 15.9. The molecule has 9 nitrogen and oxygen atoms in total. The van der Waals surface area contributed by atoms with Gasteiger partial charge in [0.05, 0.1) is 17.9 Å². The number of sulfone groups is 1. The van der Waals surface area contributed by atoms with E-state index in [1.807, 2.05) is 0 Å². The number of aliphatic hydroxyl groups is 1. The van der Waals surface area contributed by atoms with Crippen molar-refractivity contribution in [3.8, 4) is 17.0 Å². The Morgan fingerprint density at radius 2 is 1.94 bits per heavy atom. The summed E-state index contributed by atoms with van der Waals surface area (Å²) >= 11 is 4.73. The minimum atomic E-state index is -3.85. The zero-order valence-corrected chi connectivity index (χ0v) is 19.6. The molecule has 3 N–H and O–H groups in total. The number of anilines is 2. The summed E-state index contributed by atoms with van der Waals surface area (Å²) in [7, 11) is -1.80. The maximum atomic E-state index is 12.8. The lowest BCUT2D eigenvalue weighted by molar-refractivity contribution is -0.0964. The number of halogens is 3. The van der Waals surface area contributed by atoms with Gasteiger partial charge in [-0.1, -0.05) is 0 Å². The second kappa shape index (κ2) is 9.95. The van der Waals surface area contributed by atoms with Crippen LogP contribution >= 0.6 is 11.6 Å². The van der Waals surface area contributed by atoms with Crippen molar-refractivity contribution < 1.29 is 31.8 Å². The second-order valence-corrected chi connectivity index (χ2v) is 9.70. The Morgan fingerprint density at radius 1 is 1.26 bits per heavy atom. The molecular formula is C21H21ClF2N4O5S. The number of aromatic nitrogens is 2. The van der Waals surface area contributed by atoms with Crippen molar-refractivity contribution in [1.29, 1.82) is 0 Å². The van der Waals surface area contributed by atoms with Crippen molar-refractivity contribution in [1.82, 2.24) is 9.97 Å². The van der Waals surface area contributed by atoms with Crippen molar-refractivity contribution in [3.05, 3.63) is 54.2 Å². The molecule has 0 aliphatic carbocycles. The number of carbonyl (C=O) groups is 1. The molecule has 0 bridgehead atoms. The Hall–Kier alpha value is -3.22. The third-order valence-electron chi connectivity index (χ3n) is 4.62. The number of H-pyrrole nitrogens is 1. The number of ether oxygens (including phenoxy) is 1. The summed E-state index contributed by atoms with van der Waals surface area (Å²) in [6, 6.07) is 9.63. The first-order valence-corrected chi connectivity index (χ1v) is 12.0. The van der Waals surface area contributed by atoms with E-state index < -0.39 is 21.3 Å². The standard InChI is InChI=1S/C21H21ClF2N4O5S/c1-28(9-10-29)19-16(17-7-8-18(27-17)34(2,31)32)11-13(12-25-19)20(30)26-14-3-5-15(6-4-14)33-21(22,23)24/h3-8,11-12,27,29H,9-10H2,1-2H3,(H,26,30). The van der Waals surface area contributed by atoms with Gasteiger partial charge < -0.3 is 25.0 Å². The van der Waals surface area contributed by atoms with Crippen LogP contribution < -0.4 is 15.0 Å². The lowest BCUT2D eigenvalue weighted by Crippen LogP contribution is -2.23. The first kappa shape index (κ1) is 25.4. The molecule has 3 aromatic rings. The van der Waals surface area contributed by atoms with Gasteiger partial charge in [-0.15, -0.1) is 8.78 Å². The SMILES string of the molecule is CN(CCO)c1ncc(C(=O)Nc2ccc(OC(F)(F)Cl)cc2)cc1-c1ccc(S(C)(=O)=O)[nH]1. The normalized spacial score (nSPS) is 11.8. The van der Waals surface area contributed by atoms with Gasteiger partial charge in [0.2, 0.25) is 0 Å². The first-order valence-electron chi connectivity index (χ1n) is 9.76. The maximum absolute atomic E-state index is 12.8. The number of rotatable bonds is 9. The second-order valence-electron chi connectivity index (χ2n) is 7.28. The summed E-state index contributed by atoms with van der Waals surface area (Å²) in [6.45, 7) is 0.107. The highest BCUT2D eigenvalue weighted by atomic mass is 35.5. The van der Waals surface area contributed by atoms with Crippen LogP contribution in [0.2, 0.25) is 0 Å². The van der Waals surface area contributed by atoms with Crippen LogP contribution in [0.5, 0.6) is 5.75 Å². The van der Waals surface area contributed by atoms with Crippen molar-refractivity contribution in [3.63, 3.8) is 0 Å². The molecule has 34 heavy (non-hydrogen) atoms. The highest BCUT2D eigenvalue weighted by molar-refractivity contribution is 7.90. The van der Waals surface area contributed by atoms with Gasteiger partial charge in [0.25, 0.3) is 5.91 Å². The van der Waals surface area contributed by atoms with Crippen molar-refractivity contribution in [2.45, 2.75) is 10.6 Å². The van der Waals surface area contributed by atoms with Gasteiger partial charge in [-0.3, -0.25) is 4.79 Å². The van der Waals surface area contributed by atoms with Crippen LogP contribution in [0.3, 0.4) is 0 Å². The molecule has 0 unspecified atom stereocenters. The molecule has 0 atom stereocenters. The van der Waals surface area contributed by atoms with Crippen molar-refractivity contribution >= 4 is 38.9 Å². The number of nitrogens with zero attached hydrogens (tertiary/aromatic N) is 2. The smallest absolute Gasteiger partial charge is 0.420 e. The Morgan fingerprint density at radius 3 is 2.50 bits per heavy atom. The number of alkyl halides is 3. The molecule has 1 aromatic carbocycles. The molecule has 2 heterocycles. The van der Waals surface area contributed by atoms with Gasteiger partial charge in [-0.05, 0) is 42.5 Å². The number of carbonyl (C=O) groups excluding carboxylic acids is 1. The van der Waals surface area contributed by atoms with Crippen LogP contribution in [0.25, 0.3) is 11.3 Å². The number of likely N-dealkylation sites (N-methyl/N-ethyl adjacent to an activating group) is 1.